The van der Waals surface area contributed by atoms with Gasteiger partial charge in [-0.2, -0.15) is 0 Å². The third-order valence-electron chi connectivity index (χ3n) is 4.48. The normalized spacial score (nSPS) is 10.6. The van der Waals surface area contributed by atoms with Crippen LogP contribution in [0.15, 0.2) is 36.4 Å². The number of hydrogen-bond acceptors (Lipinski definition) is 8. The molecule has 0 bridgehead atoms. The fourth-order valence-corrected chi connectivity index (χ4v) is 2.72. The molecule has 178 valence electrons. The maximum Gasteiger partial charge on any atom is 0.164 e. The van der Waals surface area contributed by atoms with Gasteiger partial charge in [-0.05, 0) is 30.7 Å². The highest BCUT2D eigenvalue weighted by Gasteiger charge is 2.06. The van der Waals surface area contributed by atoms with Crippen LogP contribution in [0, 0.1) is 6.92 Å². The van der Waals surface area contributed by atoms with Gasteiger partial charge in [0.1, 0.15) is 30.5 Å². The third kappa shape index (κ3) is 9.21. The van der Waals surface area contributed by atoms with Gasteiger partial charge in [-0.3, -0.25) is 0 Å². The second-order valence-corrected chi connectivity index (χ2v) is 6.68. The maximum atomic E-state index is 5.73. The van der Waals surface area contributed by atoms with Crippen molar-refractivity contribution in [2.24, 2.45) is 0 Å². The highest BCUT2D eigenvalue weighted by molar-refractivity contribution is 5.45. The maximum absolute atomic E-state index is 5.73. The lowest BCUT2D eigenvalue weighted by Gasteiger charge is -2.12. The molecule has 0 fully saturated rings. The second kappa shape index (κ2) is 15.2. The minimum absolute atomic E-state index is 0.402. The van der Waals surface area contributed by atoms with Gasteiger partial charge in [-0.25, -0.2) is 0 Å². The van der Waals surface area contributed by atoms with Crippen LogP contribution in [0.2, 0.25) is 0 Å². The first-order valence-corrected chi connectivity index (χ1v) is 10.5. The highest BCUT2D eigenvalue weighted by atomic mass is 16.6. The van der Waals surface area contributed by atoms with Gasteiger partial charge in [0, 0.05) is 12.1 Å². The van der Waals surface area contributed by atoms with Gasteiger partial charge < -0.3 is 37.9 Å². The van der Waals surface area contributed by atoms with Gasteiger partial charge in [0.2, 0.25) is 0 Å². The highest BCUT2D eigenvalue weighted by Crippen LogP contribution is 2.31. The van der Waals surface area contributed by atoms with E-state index in [-0.39, 0.29) is 0 Å². The lowest BCUT2D eigenvalue weighted by atomic mass is 10.2. The number of methoxy groups -OCH3 is 3. The van der Waals surface area contributed by atoms with Crippen LogP contribution in [0.25, 0.3) is 0 Å². The molecule has 8 nitrogen and oxygen atoms in total. The summed E-state index contributed by atoms with van der Waals surface area (Å²) >= 11 is 0. The Hall–Kier alpha value is -2.68. The van der Waals surface area contributed by atoms with Crippen LogP contribution in [-0.4, -0.2) is 74.2 Å². The summed E-state index contributed by atoms with van der Waals surface area (Å²) < 4.78 is 43.6. The molecule has 0 aliphatic heterocycles. The Bertz CT molecular complexity index is 781. The molecule has 0 heterocycles. The molecule has 0 N–H and O–H groups in total. The van der Waals surface area contributed by atoms with Gasteiger partial charge in [0.15, 0.2) is 11.5 Å². The predicted molar refractivity (Wildman–Crippen MR) is 121 cm³/mol. The standard InChI is InChI=1S/C24H34O8/c1-19-5-6-20(25-2)17-23(19)31-15-13-29-11-9-28-10-12-30-14-16-32-24-18-21(26-3)7-8-22(24)27-4/h5-8,17-18H,9-16H2,1-4H3. The van der Waals surface area contributed by atoms with Gasteiger partial charge in [-0.1, -0.05) is 6.07 Å². The molecule has 8 heteroatoms. The lowest BCUT2D eigenvalue weighted by Crippen LogP contribution is -2.14. The zero-order valence-corrected chi connectivity index (χ0v) is 19.4. The largest absolute Gasteiger partial charge is 0.497 e. The molecule has 0 unspecified atom stereocenters. The van der Waals surface area contributed by atoms with E-state index >= 15 is 0 Å². The average molecular weight is 451 g/mol. The average Bonchev–Trinajstić information content (AvgIpc) is 2.82. The van der Waals surface area contributed by atoms with Crippen molar-refractivity contribution in [3.05, 3.63) is 42.0 Å². The van der Waals surface area contributed by atoms with Crippen molar-refractivity contribution in [1.29, 1.82) is 0 Å². The predicted octanol–water partition coefficient (Wildman–Crippen LogP) is 3.53. The molecule has 0 atom stereocenters. The Morgan fingerprint density at radius 2 is 0.969 bits per heavy atom. The first-order chi connectivity index (χ1) is 15.7. The van der Waals surface area contributed by atoms with E-state index in [4.69, 9.17) is 37.9 Å². The zero-order chi connectivity index (χ0) is 23.0. The van der Waals surface area contributed by atoms with Gasteiger partial charge in [0.05, 0.1) is 61.0 Å². The molecule has 32 heavy (non-hydrogen) atoms. The first kappa shape index (κ1) is 25.6. The van der Waals surface area contributed by atoms with Crippen LogP contribution in [0.1, 0.15) is 5.56 Å². The zero-order valence-electron chi connectivity index (χ0n) is 19.4. The van der Waals surface area contributed by atoms with Crippen molar-refractivity contribution in [2.75, 3.05) is 74.2 Å². The van der Waals surface area contributed by atoms with Crippen molar-refractivity contribution >= 4 is 0 Å². The number of ether oxygens (including phenoxy) is 8. The topological polar surface area (TPSA) is 73.8 Å². The smallest absolute Gasteiger partial charge is 0.164 e. The number of aryl methyl sites for hydroxylation is 1. The second-order valence-electron chi connectivity index (χ2n) is 6.68. The summed E-state index contributed by atoms with van der Waals surface area (Å²) in [6.07, 6.45) is 0. The van der Waals surface area contributed by atoms with Crippen molar-refractivity contribution in [1.82, 2.24) is 0 Å². The van der Waals surface area contributed by atoms with E-state index < -0.39 is 0 Å². The molecule has 0 radical (unpaired) electrons. The molecule has 0 amide bonds. The van der Waals surface area contributed by atoms with E-state index in [9.17, 15) is 0 Å². The Kier molecular flexibility index (Phi) is 12.1. The Balaban J connectivity index is 1.44. The SMILES string of the molecule is COc1ccc(C)c(OCCOCCOCCOCCOc2cc(OC)ccc2OC)c1. The van der Waals surface area contributed by atoms with E-state index in [0.29, 0.717) is 70.1 Å². The van der Waals surface area contributed by atoms with E-state index in [0.717, 1.165) is 17.1 Å². The molecule has 0 spiro atoms. The Labute approximate surface area is 190 Å². The summed E-state index contributed by atoms with van der Waals surface area (Å²) in [7, 11) is 4.84. The molecule has 0 saturated carbocycles. The monoisotopic (exact) mass is 450 g/mol. The van der Waals surface area contributed by atoms with Crippen LogP contribution in [0.5, 0.6) is 28.7 Å². The van der Waals surface area contributed by atoms with Crippen LogP contribution in [-0.2, 0) is 14.2 Å². The fraction of sp³-hybridized carbons (Fsp3) is 0.500. The minimum Gasteiger partial charge on any atom is -0.497 e. The molecule has 0 aromatic heterocycles. The number of rotatable bonds is 17. The van der Waals surface area contributed by atoms with Gasteiger partial charge in [0.25, 0.3) is 0 Å². The van der Waals surface area contributed by atoms with E-state index in [1.165, 1.54) is 0 Å². The van der Waals surface area contributed by atoms with Gasteiger partial charge >= 0.3 is 0 Å². The Morgan fingerprint density at radius 1 is 0.500 bits per heavy atom. The van der Waals surface area contributed by atoms with Crippen LogP contribution < -0.4 is 23.7 Å². The summed E-state index contributed by atoms with van der Waals surface area (Å²) in [5, 5.41) is 0. The van der Waals surface area contributed by atoms with E-state index in [2.05, 4.69) is 0 Å². The summed E-state index contributed by atoms with van der Waals surface area (Å²) in [6, 6.07) is 11.1. The molecule has 2 aromatic carbocycles. The van der Waals surface area contributed by atoms with E-state index in [1.54, 1.807) is 33.5 Å². The van der Waals surface area contributed by atoms with Gasteiger partial charge in [-0.15, -0.1) is 0 Å². The van der Waals surface area contributed by atoms with Crippen LogP contribution >= 0.6 is 0 Å². The molecule has 2 rings (SSSR count). The third-order valence-corrected chi connectivity index (χ3v) is 4.48. The lowest BCUT2D eigenvalue weighted by molar-refractivity contribution is 0.00485. The molecule has 2 aromatic rings. The molecule has 0 saturated heterocycles. The molecular weight excluding hydrogens is 416 g/mol. The summed E-state index contributed by atoms with van der Waals surface area (Å²) in [6.45, 7) is 5.77. The number of hydrogen-bond donors (Lipinski definition) is 0. The first-order valence-electron chi connectivity index (χ1n) is 10.5. The fourth-order valence-electron chi connectivity index (χ4n) is 2.72. The molecular formula is C24H34O8. The Morgan fingerprint density at radius 3 is 1.50 bits per heavy atom. The van der Waals surface area contributed by atoms with Crippen molar-refractivity contribution in [2.45, 2.75) is 6.92 Å². The van der Waals surface area contributed by atoms with Crippen molar-refractivity contribution in [3.63, 3.8) is 0 Å². The minimum atomic E-state index is 0.402. The quantitative estimate of drug-likeness (QED) is 0.339. The van der Waals surface area contributed by atoms with Crippen molar-refractivity contribution < 1.29 is 37.9 Å². The molecule has 0 aliphatic carbocycles. The summed E-state index contributed by atoms with van der Waals surface area (Å²) in [4.78, 5) is 0. The summed E-state index contributed by atoms with van der Waals surface area (Å²) in [5.41, 5.74) is 1.06. The summed E-state index contributed by atoms with van der Waals surface area (Å²) in [5.74, 6) is 3.55. The molecule has 0 aliphatic rings. The number of benzene rings is 2. The van der Waals surface area contributed by atoms with Crippen LogP contribution in [0.3, 0.4) is 0 Å². The van der Waals surface area contributed by atoms with Crippen molar-refractivity contribution in [3.8, 4) is 28.7 Å². The van der Waals surface area contributed by atoms with E-state index in [1.807, 2.05) is 31.2 Å². The van der Waals surface area contributed by atoms with Crippen LogP contribution in [0.4, 0.5) is 0 Å².